The first-order valence-electron chi connectivity index (χ1n) is 7.70. The van der Waals surface area contributed by atoms with E-state index in [4.69, 9.17) is 0 Å². The van der Waals surface area contributed by atoms with Crippen LogP contribution in [0.25, 0.3) is 0 Å². The lowest BCUT2D eigenvalue weighted by Gasteiger charge is -2.47. The van der Waals surface area contributed by atoms with Crippen molar-refractivity contribution in [3.63, 3.8) is 0 Å². The van der Waals surface area contributed by atoms with Crippen LogP contribution < -0.4 is 10.2 Å². The quantitative estimate of drug-likeness (QED) is 0.784. The number of rotatable bonds is 2. The number of nitrogens with one attached hydrogen (secondary N) is 1. The predicted octanol–water partition coefficient (Wildman–Crippen LogP) is -0.0475. The molecule has 2 aliphatic rings. The van der Waals surface area contributed by atoms with E-state index in [0.29, 0.717) is 38.3 Å². The maximum absolute atomic E-state index is 12.3. The molecule has 0 saturated carbocycles. The van der Waals surface area contributed by atoms with Gasteiger partial charge in [-0.25, -0.2) is 13.4 Å². The zero-order chi connectivity index (χ0) is 16.7. The Kier molecular flexibility index (Phi) is 4.05. The topological polar surface area (TPSA) is 99.6 Å². The predicted molar refractivity (Wildman–Crippen MR) is 84.9 cm³/mol. The minimum atomic E-state index is -3.28. The summed E-state index contributed by atoms with van der Waals surface area (Å²) in [6.07, 6.45) is 3.80. The molecule has 2 aliphatic heterocycles. The summed E-state index contributed by atoms with van der Waals surface area (Å²) in [6, 6.07) is 3.18. The molecule has 0 aromatic carbocycles. The van der Waals surface area contributed by atoms with Crippen molar-refractivity contribution in [3.8, 4) is 0 Å². The van der Waals surface area contributed by atoms with Gasteiger partial charge in [0, 0.05) is 32.1 Å². The van der Waals surface area contributed by atoms with Crippen molar-refractivity contribution >= 4 is 21.6 Å². The molecule has 2 fully saturated rings. The monoisotopic (exact) mass is 339 g/mol. The van der Waals surface area contributed by atoms with E-state index in [-0.39, 0.29) is 10.8 Å². The van der Waals surface area contributed by atoms with E-state index in [2.05, 4.69) is 10.3 Å². The number of anilines is 1. The number of hydrogen-bond donors (Lipinski definition) is 2. The Morgan fingerprint density at radius 2 is 2.22 bits per heavy atom. The fraction of sp³-hybridized carbons (Fsp3) is 0.600. The summed E-state index contributed by atoms with van der Waals surface area (Å²) in [5.74, 6) is 0.524. The average molecular weight is 339 g/mol. The molecule has 0 bridgehead atoms. The van der Waals surface area contributed by atoms with Gasteiger partial charge in [0.25, 0.3) is 0 Å². The molecular weight excluding hydrogens is 318 g/mol. The minimum Gasteiger partial charge on any atom is -0.392 e. The Labute approximate surface area is 135 Å². The Morgan fingerprint density at radius 3 is 2.83 bits per heavy atom. The molecule has 8 heteroatoms. The normalized spacial score (nSPS) is 28.7. The molecule has 1 aromatic heterocycles. The highest BCUT2D eigenvalue weighted by Gasteiger charge is 2.50. The standard InChI is InChI=1S/C15H21N3O4S/c1-23(21,22)11-3-4-13(17-9-11)18-8-5-12(19)15(10-18)6-2-7-16-14(15)20/h3-4,9,12,19H,2,5-8,10H2,1H3,(H,16,20)/t12-,15-/m1/s1. The van der Waals surface area contributed by atoms with Crippen LogP contribution in [0.2, 0.25) is 0 Å². The van der Waals surface area contributed by atoms with Gasteiger partial charge in [-0.3, -0.25) is 4.79 Å². The number of amides is 1. The van der Waals surface area contributed by atoms with Crippen molar-refractivity contribution in [2.24, 2.45) is 5.41 Å². The van der Waals surface area contributed by atoms with Gasteiger partial charge in [0.15, 0.2) is 9.84 Å². The maximum atomic E-state index is 12.3. The van der Waals surface area contributed by atoms with Crippen molar-refractivity contribution in [3.05, 3.63) is 18.3 Å². The van der Waals surface area contributed by atoms with E-state index in [0.717, 1.165) is 12.7 Å². The van der Waals surface area contributed by atoms with Crippen LogP contribution in [0.1, 0.15) is 19.3 Å². The van der Waals surface area contributed by atoms with Crippen molar-refractivity contribution in [1.29, 1.82) is 0 Å². The second-order valence-corrected chi connectivity index (χ2v) is 8.38. The van der Waals surface area contributed by atoms with Gasteiger partial charge in [-0.15, -0.1) is 0 Å². The molecule has 1 spiro atoms. The molecular formula is C15H21N3O4S. The number of carbonyl (C=O) groups excluding carboxylic acids is 1. The van der Waals surface area contributed by atoms with Crippen molar-refractivity contribution < 1.29 is 18.3 Å². The second-order valence-electron chi connectivity index (χ2n) is 6.37. The van der Waals surface area contributed by atoms with E-state index >= 15 is 0 Å². The summed E-state index contributed by atoms with van der Waals surface area (Å²) >= 11 is 0. The first-order valence-corrected chi connectivity index (χ1v) is 9.59. The SMILES string of the molecule is CS(=O)(=O)c1ccc(N2CC[C@@H](O)[C@@]3(CCCNC3=O)C2)nc1. The molecule has 0 unspecified atom stereocenters. The van der Waals surface area contributed by atoms with E-state index < -0.39 is 21.4 Å². The van der Waals surface area contributed by atoms with E-state index in [1.807, 2.05) is 4.90 Å². The number of aromatic nitrogens is 1. The molecule has 1 amide bonds. The molecule has 2 N–H and O–H groups in total. The first kappa shape index (κ1) is 16.2. The molecule has 2 saturated heterocycles. The molecule has 126 valence electrons. The number of piperidine rings is 2. The van der Waals surface area contributed by atoms with Crippen LogP contribution in [0.15, 0.2) is 23.2 Å². The second kappa shape index (κ2) is 5.76. The minimum absolute atomic E-state index is 0.103. The first-order chi connectivity index (χ1) is 10.8. The van der Waals surface area contributed by atoms with Gasteiger partial charge in [-0.1, -0.05) is 0 Å². The molecule has 0 radical (unpaired) electrons. The van der Waals surface area contributed by atoms with Crippen LogP contribution in [0.4, 0.5) is 5.82 Å². The van der Waals surface area contributed by atoms with E-state index in [1.165, 1.54) is 12.3 Å². The number of carbonyl (C=O) groups is 1. The zero-order valence-electron chi connectivity index (χ0n) is 13.0. The molecule has 2 atom stereocenters. The summed E-state index contributed by atoms with van der Waals surface area (Å²) in [6.45, 7) is 1.63. The van der Waals surface area contributed by atoms with Crippen molar-refractivity contribution in [2.45, 2.75) is 30.3 Å². The number of aliphatic hydroxyl groups is 1. The lowest BCUT2D eigenvalue weighted by Crippen LogP contribution is -2.61. The third-order valence-corrected chi connectivity index (χ3v) is 5.89. The Morgan fingerprint density at radius 1 is 1.43 bits per heavy atom. The maximum Gasteiger partial charge on any atom is 0.230 e. The van der Waals surface area contributed by atoms with E-state index in [1.54, 1.807) is 6.07 Å². The Hall–Kier alpha value is -1.67. The number of sulfone groups is 1. The van der Waals surface area contributed by atoms with Crippen LogP contribution in [0.5, 0.6) is 0 Å². The number of nitrogens with zero attached hydrogens (tertiary/aromatic N) is 2. The summed E-state index contributed by atoms with van der Waals surface area (Å²) in [5, 5.41) is 13.2. The fourth-order valence-electron chi connectivity index (χ4n) is 3.42. The van der Waals surface area contributed by atoms with Gasteiger partial charge in [-0.2, -0.15) is 0 Å². The lowest BCUT2D eigenvalue weighted by atomic mass is 9.71. The number of pyridine rings is 1. The van der Waals surface area contributed by atoms with Gasteiger partial charge < -0.3 is 15.3 Å². The van der Waals surface area contributed by atoms with Gasteiger partial charge in [0.1, 0.15) is 5.82 Å². The molecule has 0 aliphatic carbocycles. The number of hydrogen-bond acceptors (Lipinski definition) is 6. The van der Waals surface area contributed by atoms with Crippen molar-refractivity contribution in [1.82, 2.24) is 10.3 Å². The third-order valence-electron chi connectivity index (χ3n) is 4.79. The number of aliphatic hydroxyl groups excluding tert-OH is 1. The Bertz CT molecular complexity index is 704. The summed E-state index contributed by atoms with van der Waals surface area (Å²) in [5.41, 5.74) is -0.798. The molecule has 7 nitrogen and oxygen atoms in total. The van der Waals surface area contributed by atoms with Gasteiger partial charge in [0.2, 0.25) is 5.91 Å². The van der Waals surface area contributed by atoms with Crippen LogP contribution in [0, 0.1) is 5.41 Å². The Balaban J connectivity index is 1.85. The average Bonchev–Trinajstić information content (AvgIpc) is 2.52. The van der Waals surface area contributed by atoms with Gasteiger partial charge in [0.05, 0.1) is 16.4 Å². The zero-order valence-corrected chi connectivity index (χ0v) is 13.8. The summed E-state index contributed by atoms with van der Waals surface area (Å²) in [7, 11) is -3.28. The molecule has 23 heavy (non-hydrogen) atoms. The molecule has 3 rings (SSSR count). The lowest BCUT2D eigenvalue weighted by molar-refractivity contribution is -0.142. The van der Waals surface area contributed by atoms with Gasteiger partial charge >= 0.3 is 0 Å². The van der Waals surface area contributed by atoms with Crippen LogP contribution in [-0.2, 0) is 14.6 Å². The molecule has 1 aromatic rings. The fourth-order valence-corrected chi connectivity index (χ4v) is 3.98. The third kappa shape index (κ3) is 2.92. The highest BCUT2D eigenvalue weighted by molar-refractivity contribution is 7.90. The highest BCUT2D eigenvalue weighted by Crippen LogP contribution is 2.38. The highest BCUT2D eigenvalue weighted by atomic mass is 32.2. The van der Waals surface area contributed by atoms with E-state index in [9.17, 15) is 18.3 Å². The summed E-state index contributed by atoms with van der Waals surface area (Å²) in [4.78, 5) is 18.7. The summed E-state index contributed by atoms with van der Waals surface area (Å²) < 4.78 is 23.0. The van der Waals surface area contributed by atoms with Crippen molar-refractivity contribution in [2.75, 3.05) is 30.8 Å². The van der Waals surface area contributed by atoms with Crippen LogP contribution in [-0.4, -0.2) is 56.4 Å². The molecule has 3 heterocycles. The van der Waals surface area contributed by atoms with Crippen LogP contribution in [0.3, 0.4) is 0 Å². The smallest absolute Gasteiger partial charge is 0.230 e. The largest absolute Gasteiger partial charge is 0.392 e. The van der Waals surface area contributed by atoms with Gasteiger partial charge in [-0.05, 0) is 31.4 Å². The van der Waals surface area contributed by atoms with Crippen LogP contribution >= 0.6 is 0 Å².